The summed E-state index contributed by atoms with van der Waals surface area (Å²) in [6.45, 7) is 13.6. The van der Waals surface area contributed by atoms with Crippen LogP contribution in [0.3, 0.4) is 0 Å². The van der Waals surface area contributed by atoms with E-state index in [9.17, 15) is 4.79 Å². The minimum absolute atomic E-state index is 0.00694. The van der Waals surface area contributed by atoms with Gasteiger partial charge in [0.05, 0.1) is 5.41 Å². The second-order valence-corrected chi connectivity index (χ2v) is 6.69. The van der Waals surface area contributed by atoms with Gasteiger partial charge in [-0.1, -0.05) is 27.7 Å². The predicted molar refractivity (Wildman–Crippen MR) is 59.2 cm³/mol. The Morgan fingerprint density at radius 1 is 1.07 bits per heavy atom. The Morgan fingerprint density at radius 2 is 1.60 bits per heavy atom. The van der Waals surface area contributed by atoms with Gasteiger partial charge in [-0.2, -0.15) is 0 Å². The third-order valence-electron chi connectivity index (χ3n) is 7.45. The molecule has 3 rings (SSSR count). The van der Waals surface area contributed by atoms with Crippen LogP contribution >= 0.6 is 0 Å². The molecular weight excluding hydrogens is 186 g/mol. The molecule has 84 valence electrons. The summed E-state index contributed by atoms with van der Waals surface area (Å²) in [6.07, 6.45) is 0. The number of piperidine rings is 1. The smallest absolute Gasteiger partial charge is 0.227 e. The van der Waals surface area contributed by atoms with Gasteiger partial charge < -0.3 is 5.32 Å². The lowest BCUT2D eigenvalue weighted by molar-refractivity contribution is -0.126. The van der Waals surface area contributed by atoms with E-state index in [2.05, 4.69) is 46.9 Å². The molecule has 3 fully saturated rings. The summed E-state index contributed by atoms with van der Waals surface area (Å²) in [5.41, 5.74) is 0.243. The SMILES string of the molecule is C[C@@H]1[C@H](C)C2(C)C3(C)C(=O)NC1(C)C32C. The monoisotopic (exact) mass is 207 g/mol. The Hall–Kier alpha value is -0.530. The summed E-state index contributed by atoms with van der Waals surface area (Å²) in [4.78, 5) is 12.2. The molecule has 2 heteroatoms. The number of amides is 1. The molecule has 0 aromatic rings. The molecule has 2 saturated carbocycles. The van der Waals surface area contributed by atoms with Crippen LogP contribution in [0.1, 0.15) is 41.5 Å². The topological polar surface area (TPSA) is 29.1 Å². The molecule has 0 radical (unpaired) electrons. The number of carbonyl (C=O) groups is 1. The summed E-state index contributed by atoms with van der Waals surface area (Å²) >= 11 is 0. The first-order valence-electron chi connectivity index (χ1n) is 6.02. The van der Waals surface area contributed by atoms with Crippen molar-refractivity contribution in [1.29, 1.82) is 0 Å². The third-order valence-corrected chi connectivity index (χ3v) is 7.45. The molecule has 4 unspecified atom stereocenters. The number of hydrogen-bond acceptors (Lipinski definition) is 1. The molecule has 1 saturated heterocycles. The lowest BCUT2D eigenvalue weighted by atomic mass is 9.73. The summed E-state index contributed by atoms with van der Waals surface area (Å²) in [5.74, 6) is 1.48. The number of fused-ring (bicyclic) bond motifs is 1. The molecule has 3 aliphatic rings. The van der Waals surface area contributed by atoms with E-state index in [0.29, 0.717) is 11.8 Å². The molecular formula is C13H21NO. The molecule has 15 heavy (non-hydrogen) atoms. The number of nitrogens with one attached hydrogen (secondary N) is 1. The van der Waals surface area contributed by atoms with Crippen molar-refractivity contribution in [3.8, 4) is 0 Å². The summed E-state index contributed by atoms with van der Waals surface area (Å²) in [6, 6.07) is 0. The second kappa shape index (κ2) is 1.87. The van der Waals surface area contributed by atoms with Crippen LogP contribution in [0.2, 0.25) is 0 Å². The van der Waals surface area contributed by atoms with Crippen molar-refractivity contribution in [2.75, 3.05) is 0 Å². The van der Waals surface area contributed by atoms with Gasteiger partial charge in [0.2, 0.25) is 5.91 Å². The zero-order chi connectivity index (χ0) is 11.4. The number of hydrogen-bond donors (Lipinski definition) is 1. The van der Waals surface area contributed by atoms with Gasteiger partial charge in [-0.05, 0) is 31.1 Å². The van der Waals surface area contributed by atoms with E-state index in [-0.39, 0.29) is 27.7 Å². The van der Waals surface area contributed by atoms with Crippen LogP contribution in [-0.4, -0.2) is 11.4 Å². The first-order valence-corrected chi connectivity index (χ1v) is 6.02. The molecule has 0 bridgehead atoms. The summed E-state index contributed by atoms with van der Waals surface area (Å²) < 4.78 is 0. The van der Waals surface area contributed by atoms with E-state index in [1.54, 1.807) is 0 Å². The maximum absolute atomic E-state index is 12.2. The molecule has 1 aliphatic heterocycles. The van der Waals surface area contributed by atoms with E-state index in [1.165, 1.54) is 0 Å². The third kappa shape index (κ3) is 0.485. The molecule has 1 amide bonds. The second-order valence-electron chi connectivity index (χ2n) is 6.69. The average molecular weight is 207 g/mol. The lowest BCUT2D eigenvalue weighted by Gasteiger charge is -2.35. The quantitative estimate of drug-likeness (QED) is 0.648. The van der Waals surface area contributed by atoms with Crippen LogP contribution in [0.4, 0.5) is 0 Å². The normalized spacial score (nSPS) is 70.4. The van der Waals surface area contributed by atoms with Gasteiger partial charge in [0.15, 0.2) is 0 Å². The highest BCUT2D eigenvalue weighted by Gasteiger charge is 2.97. The van der Waals surface area contributed by atoms with E-state index in [1.807, 2.05) is 0 Å². The zero-order valence-corrected chi connectivity index (χ0v) is 10.6. The largest absolute Gasteiger partial charge is 0.350 e. The van der Waals surface area contributed by atoms with E-state index in [0.717, 1.165) is 0 Å². The standard InChI is InChI=1S/C13H21NO/c1-7-8(2)12(5)13(6)10(7,3)11(13,4)9(15)14-12/h7-8H,1-6H3,(H,14,15)/t7-,8+,10?,11?,12?,13?/m0/s1. The van der Waals surface area contributed by atoms with Crippen LogP contribution in [0.5, 0.6) is 0 Å². The highest BCUT2D eigenvalue weighted by Crippen LogP contribution is 2.92. The first kappa shape index (κ1) is 9.68. The number of carbonyl (C=O) groups excluding carboxylic acids is 1. The minimum atomic E-state index is -0.124. The van der Waals surface area contributed by atoms with Crippen molar-refractivity contribution in [2.45, 2.75) is 47.1 Å². The fraction of sp³-hybridized carbons (Fsp3) is 0.923. The summed E-state index contributed by atoms with van der Waals surface area (Å²) in [5, 5.41) is 3.27. The molecule has 1 heterocycles. The van der Waals surface area contributed by atoms with Gasteiger partial charge in [-0.25, -0.2) is 0 Å². The van der Waals surface area contributed by atoms with Gasteiger partial charge in [0.25, 0.3) is 0 Å². The Morgan fingerprint density at radius 3 is 2.00 bits per heavy atom. The van der Waals surface area contributed by atoms with Crippen molar-refractivity contribution < 1.29 is 4.79 Å². The van der Waals surface area contributed by atoms with Gasteiger partial charge in [-0.15, -0.1) is 0 Å². The van der Waals surface area contributed by atoms with E-state index < -0.39 is 0 Å². The number of rotatable bonds is 0. The molecule has 2 nitrogen and oxygen atoms in total. The Balaban J connectivity index is 2.29. The molecule has 0 aromatic heterocycles. The van der Waals surface area contributed by atoms with Gasteiger partial charge in [0.1, 0.15) is 0 Å². The Bertz CT molecular complexity index is 386. The first-order chi connectivity index (χ1) is 6.69. The fourth-order valence-electron chi connectivity index (χ4n) is 5.65. The Kier molecular flexibility index (Phi) is 1.21. The van der Waals surface area contributed by atoms with Crippen LogP contribution in [0.25, 0.3) is 0 Å². The van der Waals surface area contributed by atoms with Crippen molar-refractivity contribution in [1.82, 2.24) is 5.32 Å². The highest BCUT2D eigenvalue weighted by atomic mass is 16.2. The summed E-state index contributed by atoms with van der Waals surface area (Å²) in [7, 11) is 0. The molecule has 1 N–H and O–H groups in total. The maximum atomic E-state index is 12.2. The fourth-order valence-corrected chi connectivity index (χ4v) is 5.65. The molecule has 6 atom stereocenters. The van der Waals surface area contributed by atoms with Crippen LogP contribution in [-0.2, 0) is 4.79 Å². The van der Waals surface area contributed by atoms with Crippen LogP contribution in [0, 0.1) is 28.1 Å². The van der Waals surface area contributed by atoms with Gasteiger partial charge in [0, 0.05) is 11.0 Å². The van der Waals surface area contributed by atoms with E-state index in [4.69, 9.17) is 0 Å². The van der Waals surface area contributed by atoms with E-state index >= 15 is 0 Å². The molecule has 0 aromatic carbocycles. The van der Waals surface area contributed by atoms with Gasteiger partial charge in [-0.3, -0.25) is 4.79 Å². The average Bonchev–Trinajstić information content (AvgIpc) is 2.48. The zero-order valence-electron chi connectivity index (χ0n) is 10.6. The Labute approximate surface area is 91.8 Å². The van der Waals surface area contributed by atoms with Gasteiger partial charge >= 0.3 is 0 Å². The molecule has 2 aliphatic carbocycles. The lowest BCUT2D eigenvalue weighted by Crippen LogP contribution is -2.49. The minimum Gasteiger partial charge on any atom is -0.350 e. The molecule has 0 spiro atoms. The van der Waals surface area contributed by atoms with Crippen molar-refractivity contribution in [2.24, 2.45) is 28.1 Å². The van der Waals surface area contributed by atoms with Crippen molar-refractivity contribution >= 4 is 5.91 Å². The predicted octanol–water partition coefficient (Wildman–Crippen LogP) is 2.19. The maximum Gasteiger partial charge on any atom is 0.227 e. The van der Waals surface area contributed by atoms with Crippen LogP contribution in [0.15, 0.2) is 0 Å². The van der Waals surface area contributed by atoms with Crippen LogP contribution < -0.4 is 5.32 Å². The van der Waals surface area contributed by atoms with Crippen molar-refractivity contribution in [3.63, 3.8) is 0 Å². The highest BCUT2D eigenvalue weighted by molar-refractivity contribution is 5.95. The van der Waals surface area contributed by atoms with Crippen molar-refractivity contribution in [3.05, 3.63) is 0 Å².